The number of thiocarbonyl (C=S) groups is 1. The summed E-state index contributed by atoms with van der Waals surface area (Å²) in [6.45, 7) is 4.06. The topological polar surface area (TPSA) is 93.3 Å². The van der Waals surface area contributed by atoms with Crippen molar-refractivity contribution in [1.29, 1.82) is 0 Å². The average Bonchev–Trinajstić information content (AvgIpc) is 3.59. The molecule has 2 N–H and O–H groups in total. The largest absolute Gasteiger partial charge is 0.486 e. The Kier molecular flexibility index (Phi) is 16.0. The zero-order valence-electron chi connectivity index (χ0n) is 28.7. The lowest BCUT2D eigenvalue weighted by atomic mass is 9.82. The Hall–Kier alpha value is -3.11. The van der Waals surface area contributed by atoms with Crippen molar-refractivity contribution in [3.05, 3.63) is 90.0 Å². The molecule has 0 aliphatic heterocycles. The van der Waals surface area contributed by atoms with Crippen LogP contribution in [0.4, 0.5) is 0 Å². The first-order chi connectivity index (χ1) is 23.4. The third-order valence-corrected chi connectivity index (χ3v) is 10.7. The lowest BCUT2D eigenvalue weighted by Gasteiger charge is -2.29. The fraction of sp³-hybridized carbons (Fsp3) is 0.487. The van der Waals surface area contributed by atoms with E-state index in [2.05, 4.69) is 28.5 Å². The highest BCUT2D eigenvalue weighted by molar-refractivity contribution is 7.99. The van der Waals surface area contributed by atoms with Crippen LogP contribution in [0.2, 0.25) is 0 Å². The summed E-state index contributed by atoms with van der Waals surface area (Å²) in [6, 6.07) is 25.8. The number of ether oxygens (including phenoxy) is 1. The Balaban J connectivity index is 1.52. The van der Waals surface area contributed by atoms with Gasteiger partial charge in [0.25, 0.3) is 0 Å². The highest BCUT2D eigenvalue weighted by atomic mass is 32.2. The maximum absolute atomic E-state index is 12.0. The number of aliphatic hydroxyl groups is 2. The van der Waals surface area contributed by atoms with Crippen LogP contribution in [0.1, 0.15) is 108 Å². The smallest absolute Gasteiger partial charge is 0.214 e. The van der Waals surface area contributed by atoms with Gasteiger partial charge in [-0.05, 0) is 77.3 Å². The van der Waals surface area contributed by atoms with Crippen molar-refractivity contribution >= 4 is 29.0 Å². The van der Waals surface area contributed by atoms with Gasteiger partial charge in [0.15, 0.2) is 5.05 Å². The first-order valence-electron chi connectivity index (χ1n) is 17.6. The molecule has 1 aromatic heterocycles. The Morgan fingerprint density at radius 3 is 2.08 bits per heavy atom. The molecule has 0 aliphatic rings. The van der Waals surface area contributed by atoms with E-state index in [1.165, 1.54) is 63.1 Å². The molecule has 7 nitrogen and oxygen atoms in total. The van der Waals surface area contributed by atoms with E-state index in [1.54, 1.807) is 18.7 Å². The molecule has 0 radical (unpaired) electrons. The molecule has 4 atom stereocenters. The van der Waals surface area contributed by atoms with Crippen molar-refractivity contribution in [2.24, 2.45) is 0 Å². The molecule has 0 fully saturated rings. The lowest BCUT2D eigenvalue weighted by molar-refractivity contribution is 0.0999. The first kappa shape index (κ1) is 37.7. The Bertz CT molecular complexity index is 1510. The van der Waals surface area contributed by atoms with E-state index in [0.29, 0.717) is 16.6 Å². The van der Waals surface area contributed by atoms with E-state index >= 15 is 0 Å². The van der Waals surface area contributed by atoms with Crippen molar-refractivity contribution in [3.8, 4) is 16.8 Å². The predicted octanol–water partition coefficient (Wildman–Crippen LogP) is 9.34. The van der Waals surface area contributed by atoms with Crippen LogP contribution < -0.4 is 0 Å². The molecular weight excluding hydrogens is 637 g/mol. The summed E-state index contributed by atoms with van der Waals surface area (Å²) in [5.41, 5.74) is 4.58. The summed E-state index contributed by atoms with van der Waals surface area (Å²) in [4.78, 5) is 0. The molecule has 0 bridgehead atoms. The second-order valence-electron chi connectivity index (χ2n) is 12.6. The summed E-state index contributed by atoms with van der Waals surface area (Å²) in [6.07, 6.45) is 12.3. The van der Waals surface area contributed by atoms with E-state index in [4.69, 9.17) is 17.0 Å². The van der Waals surface area contributed by atoms with Gasteiger partial charge in [0, 0.05) is 16.7 Å². The van der Waals surface area contributed by atoms with Crippen LogP contribution in [0, 0.1) is 0 Å². The first-order valence-corrected chi connectivity index (χ1v) is 18.9. The third kappa shape index (κ3) is 11.0. The molecular formula is C39H52N4O3S2. The van der Waals surface area contributed by atoms with E-state index in [-0.39, 0.29) is 11.2 Å². The fourth-order valence-corrected chi connectivity index (χ4v) is 7.68. The number of tetrazole rings is 1. The molecule has 0 saturated heterocycles. The number of methoxy groups -OCH3 is 1. The van der Waals surface area contributed by atoms with Crippen LogP contribution in [0.15, 0.2) is 84.0 Å². The van der Waals surface area contributed by atoms with Gasteiger partial charge in [-0.15, -0.1) is 5.10 Å². The van der Waals surface area contributed by atoms with Gasteiger partial charge in [0.1, 0.15) is 0 Å². The SMILES string of the molecule is CCCCCCCCCCCCC(Sc1nnnn1-c1ccccc1)C(O)CC(c1ccccc1-c1ccccc1C(=S)OC)C(C)O. The van der Waals surface area contributed by atoms with E-state index in [1.807, 2.05) is 72.8 Å². The number of para-hydroxylation sites is 1. The summed E-state index contributed by atoms with van der Waals surface area (Å²) < 4.78 is 7.18. The minimum atomic E-state index is -0.711. The van der Waals surface area contributed by atoms with Crippen molar-refractivity contribution in [3.63, 3.8) is 0 Å². The highest BCUT2D eigenvalue weighted by Gasteiger charge is 2.30. The van der Waals surface area contributed by atoms with Gasteiger partial charge in [0.05, 0.1) is 25.0 Å². The minimum Gasteiger partial charge on any atom is -0.486 e. The zero-order valence-corrected chi connectivity index (χ0v) is 30.3. The van der Waals surface area contributed by atoms with Crippen LogP contribution in [0.5, 0.6) is 0 Å². The van der Waals surface area contributed by atoms with E-state index in [9.17, 15) is 10.2 Å². The monoisotopic (exact) mass is 688 g/mol. The normalized spacial score (nSPS) is 13.9. The zero-order chi connectivity index (χ0) is 34.1. The van der Waals surface area contributed by atoms with Crippen molar-refractivity contribution in [1.82, 2.24) is 20.2 Å². The number of aromatic nitrogens is 4. The maximum Gasteiger partial charge on any atom is 0.214 e. The molecule has 258 valence electrons. The molecule has 4 aromatic rings. The Labute approximate surface area is 296 Å². The number of unbranched alkanes of at least 4 members (excludes halogenated alkanes) is 9. The summed E-state index contributed by atoms with van der Waals surface area (Å²) >= 11 is 7.06. The Morgan fingerprint density at radius 2 is 1.42 bits per heavy atom. The number of rotatable bonds is 21. The number of hydrogen-bond donors (Lipinski definition) is 2. The second kappa shape index (κ2) is 20.4. The van der Waals surface area contributed by atoms with Gasteiger partial charge in [0.2, 0.25) is 5.16 Å². The molecule has 0 amide bonds. The molecule has 4 rings (SSSR count). The average molecular weight is 689 g/mol. The van der Waals surface area contributed by atoms with Gasteiger partial charge < -0.3 is 14.9 Å². The molecule has 9 heteroatoms. The van der Waals surface area contributed by atoms with Gasteiger partial charge in [-0.1, -0.05) is 144 Å². The number of aliphatic hydroxyl groups excluding tert-OH is 2. The van der Waals surface area contributed by atoms with Crippen LogP contribution in [-0.4, -0.2) is 60.0 Å². The van der Waals surface area contributed by atoms with Gasteiger partial charge in [-0.25, -0.2) is 0 Å². The fourth-order valence-electron chi connectivity index (χ4n) is 6.35. The molecule has 0 aliphatic carbocycles. The molecule has 48 heavy (non-hydrogen) atoms. The maximum atomic E-state index is 12.0. The van der Waals surface area contributed by atoms with Crippen LogP contribution in [-0.2, 0) is 4.74 Å². The van der Waals surface area contributed by atoms with Crippen molar-refractivity contribution < 1.29 is 14.9 Å². The summed E-state index contributed by atoms with van der Waals surface area (Å²) in [5.74, 6) is -0.318. The predicted molar refractivity (Wildman–Crippen MR) is 201 cm³/mol. The van der Waals surface area contributed by atoms with Gasteiger partial charge >= 0.3 is 0 Å². The minimum absolute atomic E-state index is 0.158. The van der Waals surface area contributed by atoms with Crippen molar-refractivity contribution in [2.75, 3.05) is 7.11 Å². The third-order valence-electron chi connectivity index (χ3n) is 9.03. The van der Waals surface area contributed by atoms with Gasteiger partial charge in [-0.3, -0.25) is 0 Å². The van der Waals surface area contributed by atoms with Crippen molar-refractivity contribution in [2.45, 2.75) is 119 Å². The quantitative estimate of drug-likeness (QED) is 0.0508. The molecule has 0 saturated carbocycles. The number of hydrogen-bond acceptors (Lipinski definition) is 8. The van der Waals surface area contributed by atoms with Gasteiger partial charge in [-0.2, -0.15) is 4.68 Å². The van der Waals surface area contributed by atoms with Crippen LogP contribution in [0.25, 0.3) is 16.8 Å². The summed E-state index contributed by atoms with van der Waals surface area (Å²) in [7, 11) is 1.58. The molecule has 0 spiro atoms. The standard InChI is InChI=1S/C39H52N4O3S2/c1-4-5-6-7-8-9-10-11-12-16-27-37(48-39-40-41-42-43(39)30-21-14-13-15-22-30)36(45)28-35(29(2)44)33-25-18-17-23-31(33)32-24-19-20-26-34(32)38(47)46-3/h13-15,17-26,29,35-37,44-45H,4-12,16,27-28H2,1-3H3. The van der Waals surface area contributed by atoms with E-state index < -0.39 is 12.2 Å². The lowest BCUT2D eigenvalue weighted by Crippen LogP contribution is -2.29. The van der Waals surface area contributed by atoms with Crippen LogP contribution in [0.3, 0.4) is 0 Å². The number of thioether (sulfide) groups is 1. The van der Waals surface area contributed by atoms with Crippen LogP contribution >= 0.6 is 24.0 Å². The molecule has 4 unspecified atom stereocenters. The highest BCUT2D eigenvalue weighted by Crippen LogP contribution is 2.39. The number of nitrogens with zero attached hydrogens (tertiary/aromatic N) is 4. The molecule has 3 aromatic carbocycles. The summed E-state index contributed by atoms with van der Waals surface area (Å²) in [5, 5.41) is 36.7. The number of benzene rings is 3. The van der Waals surface area contributed by atoms with E-state index in [0.717, 1.165) is 47.2 Å². The molecule has 1 heterocycles. The Morgan fingerprint density at radius 1 is 0.812 bits per heavy atom. The second-order valence-corrected chi connectivity index (χ2v) is 14.2.